The summed E-state index contributed by atoms with van der Waals surface area (Å²) in [4.78, 5) is 21.2. The number of imidazole rings is 1. The van der Waals surface area contributed by atoms with Crippen LogP contribution in [0.5, 0.6) is 0 Å². The van der Waals surface area contributed by atoms with Crippen LogP contribution < -0.4 is 5.56 Å². The molecule has 0 bridgehead atoms. The summed E-state index contributed by atoms with van der Waals surface area (Å²) < 4.78 is 7.53. The summed E-state index contributed by atoms with van der Waals surface area (Å²) in [6.07, 6.45) is 9.15. The van der Waals surface area contributed by atoms with Gasteiger partial charge >= 0.3 is 0 Å². The highest BCUT2D eigenvalue weighted by Gasteiger charge is 2.16. The molecule has 1 aliphatic rings. The van der Waals surface area contributed by atoms with Gasteiger partial charge in [0.1, 0.15) is 5.82 Å². The highest BCUT2D eigenvalue weighted by molar-refractivity contribution is 7.98. The SMILES string of the molecule is CSc1ccc2cc(-c3nccn3CCCC3CCOC3)c(=O)[nH]c2c1. The van der Waals surface area contributed by atoms with Crippen molar-refractivity contribution in [2.75, 3.05) is 19.5 Å². The molecule has 0 spiro atoms. The molecule has 1 aromatic carbocycles. The van der Waals surface area contributed by atoms with Crippen molar-refractivity contribution < 1.29 is 4.74 Å². The second-order valence-electron chi connectivity index (χ2n) is 6.78. The third-order valence-electron chi connectivity index (χ3n) is 5.04. The predicted molar refractivity (Wildman–Crippen MR) is 106 cm³/mol. The van der Waals surface area contributed by atoms with Crippen molar-refractivity contribution in [2.45, 2.75) is 30.7 Å². The van der Waals surface area contributed by atoms with Crippen LogP contribution in [0.4, 0.5) is 0 Å². The molecule has 1 atom stereocenters. The molecule has 2 aromatic heterocycles. The van der Waals surface area contributed by atoms with Gasteiger partial charge < -0.3 is 14.3 Å². The van der Waals surface area contributed by atoms with Gasteiger partial charge in [-0.1, -0.05) is 6.07 Å². The maximum absolute atomic E-state index is 12.6. The molecule has 0 saturated carbocycles. The van der Waals surface area contributed by atoms with E-state index in [2.05, 4.69) is 20.6 Å². The van der Waals surface area contributed by atoms with E-state index in [1.165, 1.54) is 6.42 Å². The second-order valence-corrected chi connectivity index (χ2v) is 7.66. The fourth-order valence-electron chi connectivity index (χ4n) is 3.57. The molecule has 0 amide bonds. The van der Waals surface area contributed by atoms with Crippen molar-refractivity contribution >= 4 is 22.7 Å². The van der Waals surface area contributed by atoms with E-state index in [0.29, 0.717) is 11.5 Å². The number of fused-ring (bicyclic) bond motifs is 1. The predicted octanol–water partition coefficient (Wildman–Crippen LogP) is 3.93. The highest BCUT2D eigenvalue weighted by Crippen LogP contribution is 2.24. The molecular weight excluding hydrogens is 346 g/mol. The smallest absolute Gasteiger partial charge is 0.259 e. The topological polar surface area (TPSA) is 59.9 Å². The maximum Gasteiger partial charge on any atom is 0.259 e. The minimum atomic E-state index is -0.0904. The Morgan fingerprint density at radius 3 is 3.12 bits per heavy atom. The molecule has 1 fully saturated rings. The average molecular weight is 369 g/mol. The van der Waals surface area contributed by atoms with Crippen molar-refractivity contribution in [3.05, 3.63) is 47.0 Å². The van der Waals surface area contributed by atoms with Crippen LogP contribution in [0.15, 0.2) is 46.3 Å². The minimum Gasteiger partial charge on any atom is -0.381 e. The van der Waals surface area contributed by atoms with E-state index >= 15 is 0 Å². The quantitative estimate of drug-likeness (QED) is 0.669. The zero-order valence-electron chi connectivity index (χ0n) is 14.9. The number of hydrogen-bond donors (Lipinski definition) is 1. The van der Waals surface area contributed by atoms with Gasteiger partial charge in [0.15, 0.2) is 0 Å². The largest absolute Gasteiger partial charge is 0.381 e. The number of aromatic nitrogens is 3. The van der Waals surface area contributed by atoms with Crippen LogP contribution in [0.25, 0.3) is 22.3 Å². The van der Waals surface area contributed by atoms with E-state index < -0.39 is 0 Å². The highest BCUT2D eigenvalue weighted by atomic mass is 32.2. The zero-order valence-corrected chi connectivity index (χ0v) is 15.7. The maximum atomic E-state index is 12.6. The number of H-pyrrole nitrogens is 1. The lowest BCUT2D eigenvalue weighted by Gasteiger charge is -2.10. The van der Waals surface area contributed by atoms with E-state index in [1.54, 1.807) is 18.0 Å². The van der Waals surface area contributed by atoms with Gasteiger partial charge in [0, 0.05) is 42.6 Å². The van der Waals surface area contributed by atoms with Crippen LogP contribution in [-0.4, -0.2) is 34.0 Å². The Morgan fingerprint density at radius 2 is 2.31 bits per heavy atom. The third-order valence-corrected chi connectivity index (χ3v) is 5.77. The van der Waals surface area contributed by atoms with Gasteiger partial charge in [-0.3, -0.25) is 4.79 Å². The molecule has 1 unspecified atom stereocenters. The first-order valence-corrected chi connectivity index (χ1v) is 10.3. The van der Waals surface area contributed by atoms with Crippen LogP contribution in [-0.2, 0) is 11.3 Å². The van der Waals surface area contributed by atoms with Crippen LogP contribution in [0, 0.1) is 5.92 Å². The number of pyridine rings is 1. The Kier molecular flexibility index (Phi) is 5.13. The van der Waals surface area contributed by atoms with E-state index in [-0.39, 0.29) is 5.56 Å². The fraction of sp³-hybridized carbons (Fsp3) is 0.400. The first-order valence-electron chi connectivity index (χ1n) is 9.05. The van der Waals surface area contributed by atoms with Gasteiger partial charge in [-0.15, -0.1) is 11.8 Å². The number of thioether (sulfide) groups is 1. The van der Waals surface area contributed by atoms with E-state index in [9.17, 15) is 4.79 Å². The van der Waals surface area contributed by atoms with E-state index in [1.807, 2.05) is 30.7 Å². The normalized spacial score (nSPS) is 17.2. The Balaban J connectivity index is 1.58. The second kappa shape index (κ2) is 7.68. The molecule has 1 saturated heterocycles. The Labute approximate surface area is 156 Å². The molecular formula is C20H23N3O2S. The number of hydrogen-bond acceptors (Lipinski definition) is 4. The van der Waals surface area contributed by atoms with Gasteiger partial charge in [-0.2, -0.15) is 0 Å². The fourth-order valence-corrected chi connectivity index (χ4v) is 4.01. The van der Waals surface area contributed by atoms with Gasteiger partial charge in [-0.05, 0) is 55.0 Å². The molecule has 0 aliphatic carbocycles. The Bertz CT molecular complexity index is 957. The van der Waals surface area contributed by atoms with E-state index in [4.69, 9.17) is 4.74 Å². The van der Waals surface area contributed by atoms with Crippen LogP contribution in [0.1, 0.15) is 19.3 Å². The number of benzene rings is 1. The lowest BCUT2D eigenvalue weighted by molar-refractivity contribution is 0.183. The first-order chi connectivity index (χ1) is 12.7. The molecule has 6 heteroatoms. The first kappa shape index (κ1) is 17.4. The monoisotopic (exact) mass is 369 g/mol. The summed E-state index contributed by atoms with van der Waals surface area (Å²) >= 11 is 1.67. The molecule has 136 valence electrons. The standard InChI is InChI=1S/C20H23N3O2S/c1-26-16-5-4-15-11-17(20(24)22-18(15)12-16)19-21-7-9-23(19)8-2-3-14-6-10-25-13-14/h4-5,7,9,11-12,14H,2-3,6,8,10,13H2,1H3,(H,22,24). The number of aryl methyl sites for hydroxylation is 1. The summed E-state index contributed by atoms with van der Waals surface area (Å²) in [5.74, 6) is 1.42. The van der Waals surface area contributed by atoms with Crippen LogP contribution >= 0.6 is 11.8 Å². The lowest BCUT2D eigenvalue weighted by atomic mass is 10.0. The average Bonchev–Trinajstić information content (AvgIpc) is 3.33. The van der Waals surface area contributed by atoms with Gasteiger partial charge in [0.25, 0.3) is 5.56 Å². The summed E-state index contributed by atoms with van der Waals surface area (Å²) in [5, 5.41) is 1.02. The summed E-state index contributed by atoms with van der Waals surface area (Å²) in [6, 6.07) is 8.09. The number of rotatable bonds is 6. The van der Waals surface area contributed by atoms with Crippen molar-refractivity contribution in [1.29, 1.82) is 0 Å². The van der Waals surface area contributed by atoms with Gasteiger partial charge in [0.05, 0.1) is 5.56 Å². The van der Waals surface area contributed by atoms with Crippen molar-refractivity contribution in [2.24, 2.45) is 5.92 Å². The molecule has 0 radical (unpaired) electrons. The number of ether oxygens (including phenoxy) is 1. The van der Waals surface area contributed by atoms with Crippen LogP contribution in [0.2, 0.25) is 0 Å². The van der Waals surface area contributed by atoms with Gasteiger partial charge in [-0.25, -0.2) is 4.98 Å². The number of nitrogens with zero attached hydrogens (tertiary/aromatic N) is 2. The Hall–Kier alpha value is -2.05. The van der Waals surface area contributed by atoms with Crippen molar-refractivity contribution in [3.8, 4) is 11.4 Å². The van der Waals surface area contributed by atoms with Crippen molar-refractivity contribution in [3.63, 3.8) is 0 Å². The molecule has 3 aromatic rings. The molecule has 1 aliphatic heterocycles. The summed E-state index contributed by atoms with van der Waals surface area (Å²) in [6.45, 7) is 2.65. The molecule has 1 N–H and O–H groups in total. The van der Waals surface area contributed by atoms with Crippen LogP contribution in [0.3, 0.4) is 0 Å². The number of nitrogens with one attached hydrogen (secondary N) is 1. The molecule has 3 heterocycles. The van der Waals surface area contributed by atoms with E-state index in [0.717, 1.165) is 54.2 Å². The molecule has 5 nitrogen and oxygen atoms in total. The summed E-state index contributed by atoms with van der Waals surface area (Å²) in [5.41, 5.74) is 1.40. The molecule has 26 heavy (non-hydrogen) atoms. The summed E-state index contributed by atoms with van der Waals surface area (Å²) in [7, 11) is 0. The van der Waals surface area contributed by atoms with Crippen molar-refractivity contribution in [1.82, 2.24) is 14.5 Å². The zero-order chi connectivity index (χ0) is 17.9. The molecule has 4 rings (SSSR count). The lowest BCUT2D eigenvalue weighted by Crippen LogP contribution is -2.12. The third kappa shape index (κ3) is 3.57. The number of aromatic amines is 1. The van der Waals surface area contributed by atoms with Gasteiger partial charge in [0.2, 0.25) is 0 Å². The Morgan fingerprint density at radius 1 is 1.38 bits per heavy atom. The minimum absolute atomic E-state index is 0.0904.